The molecule has 1 unspecified atom stereocenters. The number of rotatable bonds is 5. The number of hydrogen-bond donors (Lipinski definition) is 0. The van der Waals surface area contributed by atoms with Gasteiger partial charge in [-0.1, -0.05) is 83.9 Å². The third kappa shape index (κ3) is 3.38. The zero-order valence-electron chi connectivity index (χ0n) is 13.7. The highest BCUT2D eigenvalue weighted by atomic mass is 35.5. The predicted octanol–water partition coefficient (Wildman–Crippen LogP) is 4.42. The fraction of sp³-hybridized carbons (Fsp3) is 0.250. The molecule has 0 radical (unpaired) electrons. The average molecular weight is 376 g/mol. The monoisotopic (exact) mass is 375 g/mol. The molecule has 25 heavy (non-hydrogen) atoms. The molecule has 0 bridgehead atoms. The lowest BCUT2D eigenvalue weighted by atomic mass is 9.80. The molecule has 1 atom stereocenters. The Hall–Kier alpha value is -1.65. The first-order valence-corrected chi connectivity index (χ1v) is 8.97. The first-order valence-electron chi connectivity index (χ1n) is 8.15. The third-order valence-corrected chi connectivity index (χ3v) is 5.20. The Balaban J connectivity index is 2.23. The summed E-state index contributed by atoms with van der Waals surface area (Å²) >= 11 is 12.7. The van der Waals surface area contributed by atoms with Crippen molar-refractivity contribution in [3.05, 3.63) is 82.4 Å². The molecule has 130 valence electrons. The molecule has 2 aromatic rings. The molecule has 0 N–H and O–H groups in total. The molecule has 0 aliphatic carbocycles. The highest BCUT2D eigenvalue weighted by Crippen LogP contribution is 2.42. The van der Waals surface area contributed by atoms with Gasteiger partial charge in [-0.05, 0) is 5.56 Å². The number of carbonyl (C=O) groups excluding carboxylic acids is 1. The Bertz CT molecular complexity index is 743. The van der Waals surface area contributed by atoms with E-state index in [0.29, 0.717) is 31.9 Å². The Kier molecular flexibility index (Phi) is 5.92. The number of ether oxygens (including phenoxy) is 1. The number of hydrogen-bond acceptors (Lipinski definition) is 3. The molecule has 1 aliphatic rings. The first-order chi connectivity index (χ1) is 12.2. The van der Waals surface area contributed by atoms with Crippen molar-refractivity contribution in [3.63, 3.8) is 0 Å². The van der Waals surface area contributed by atoms with E-state index in [-0.39, 0.29) is 10.8 Å². The van der Waals surface area contributed by atoms with Crippen LogP contribution in [0.3, 0.4) is 0 Å². The second-order valence-corrected chi connectivity index (χ2v) is 6.45. The van der Waals surface area contributed by atoms with Gasteiger partial charge in [0.1, 0.15) is 5.54 Å². The lowest BCUT2D eigenvalue weighted by Gasteiger charge is -2.44. The van der Waals surface area contributed by atoms with Crippen molar-refractivity contribution in [2.45, 2.75) is 5.54 Å². The maximum atomic E-state index is 13.7. The summed E-state index contributed by atoms with van der Waals surface area (Å²) in [5, 5.41) is 0.288. The van der Waals surface area contributed by atoms with Crippen LogP contribution in [0.5, 0.6) is 0 Å². The summed E-state index contributed by atoms with van der Waals surface area (Å²) in [6, 6.07) is 18.7. The lowest BCUT2D eigenvalue weighted by molar-refractivity contribution is -0.00372. The van der Waals surface area contributed by atoms with Gasteiger partial charge in [-0.15, -0.1) is 0 Å². The molecule has 3 rings (SSSR count). The second-order valence-electron chi connectivity index (χ2n) is 5.83. The van der Waals surface area contributed by atoms with Gasteiger partial charge in [0.25, 0.3) is 0 Å². The number of halogens is 2. The molecular weight excluding hydrogens is 357 g/mol. The minimum Gasteiger partial charge on any atom is -0.379 e. The number of benzene rings is 2. The molecular formula is C20H19Cl2NO2. The largest absolute Gasteiger partial charge is 0.379 e. The van der Waals surface area contributed by atoms with Crippen LogP contribution in [0.1, 0.15) is 15.9 Å². The van der Waals surface area contributed by atoms with E-state index in [9.17, 15) is 4.79 Å². The predicted molar refractivity (Wildman–Crippen MR) is 101 cm³/mol. The van der Waals surface area contributed by atoms with Gasteiger partial charge in [0.15, 0.2) is 5.78 Å². The maximum absolute atomic E-state index is 13.7. The SMILES string of the molecule is O=C(c1ccccc1)C(/C(Cl)=C\Cl)(c1ccccc1)N1CCOCC1. The van der Waals surface area contributed by atoms with Crippen LogP contribution in [0.15, 0.2) is 71.2 Å². The van der Waals surface area contributed by atoms with Gasteiger partial charge in [0.2, 0.25) is 0 Å². The summed E-state index contributed by atoms with van der Waals surface area (Å²) in [7, 11) is 0. The van der Waals surface area contributed by atoms with Crippen molar-refractivity contribution in [1.29, 1.82) is 0 Å². The first kappa shape index (κ1) is 18.2. The van der Waals surface area contributed by atoms with Crippen LogP contribution in [0.4, 0.5) is 0 Å². The molecule has 2 aromatic carbocycles. The van der Waals surface area contributed by atoms with Crippen LogP contribution < -0.4 is 0 Å². The third-order valence-electron chi connectivity index (χ3n) is 4.48. The molecule has 0 saturated carbocycles. The van der Waals surface area contributed by atoms with Crippen LogP contribution >= 0.6 is 23.2 Å². The summed E-state index contributed by atoms with van der Waals surface area (Å²) < 4.78 is 5.48. The smallest absolute Gasteiger partial charge is 0.193 e. The zero-order valence-corrected chi connectivity index (χ0v) is 15.2. The summed E-state index contributed by atoms with van der Waals surface area (Å²) in [5.41, 5.74) is 1.53. The standard InChI is InChI=1S/C20H19Cl2NO2/c21-15-18(22)20(17-9-5-2-6-10-17,23-11-13-25-14-12-23)19(24)16-7-3-1-4-8-16/h1-10,15H,11-14H2/b18-15+. The van der Waals surface area contributed by atoms with Crippen LogP contribution in [-0.4, -0.2) is 37.0 Å². The lowest BCUT2D eigenvalue weighted by Crippen LogP contribution is -2.56. The van der Waals surface area contributed by atoms with Crippen LogP contribution in [0.25, 0.3) is 0 Å². The summed E-state index contributed by atoms with van der Waals surface area (Å²) in [6.45, 7) is 2.27. The maximum Gasteiger partial charge on any atom is 0.193 e. The quantitative estimate of drug-likeness (QED) is 0.724. The van der Waals surface area contributed by atoms with Gasteiger partial charge in [0, 0.05) is 24.2 Å². The summed E-state index contributed by atoms with van der Waals surface area (Å²) in [5.74, 6) is -0.0944. The topological polar surface area (TPSA) is 29.5 Å². The average Bonchev–Trinajstić information content (AvgIpc) is 2.70. The van der Waals surface area contributed by atoms with Gasteiger partial charge in [-0.2, -0.15) is 0 Å². The molecule has 3 nitrogen and oxygen atoms in total. The molecule has 0 spiro atoms. The number of Topliss-reactive ketones (excluding diaryl/α,β-unsaturated/α-hetero) is 1. The van der Waals surface area contributed by atoms with Crippen molar-refractivity contribution in [3.8, 4) is 0 Å². The van der Waals surface area contributed by atoms with Crippen molar-refractivity contribution in [1.82, 2.24) is 4.90 Å². The molecule has 1 aliphatic heterocycles. The van der Waals surface area contributed by atoms with E-state index in [2.05, 4.69) is 4.90 Å². The van der Waals surface area contributed by atoms with E-state index in [1.807, 2.05) is 48.5 Å². The van der Waals surface area contributed by atoms with E-state index in [4.69, 9.17) is 27.9 Å². The summed E-state index contributed by atoms with van der Waals surface area (Å²) in [6.07, 6.45) is 0. The number of morpholine rings is 1. The van der Waals surface area contributed by atoms with E-state index >= 15 is 0 Å². The highest BCUT2D eigenvalue weighted by Gasteiger charge is 2.49. The summed E-state index contributed by atoms with van der Waals surface area (Å²) in [4.78, 5) is 15.8. The minimum atomic E-state index is -1.16. The van der Waals surface area contributed by atoms with E-state index < -0.39 is 5.54 Å². The zero-order chi connectivity index (χ0) is 17.7. The van der Waals surface area contributed by atoms with Gasteiger partial charge in [-0.25, -0.2) is 0 Å². The Labute approximate surface area is 157 Å². The van der Waals surface area contributed by atoms with E-state index in [1.165, 1.54) is 5.54 Å². The number of carbonyl (C=O) groups is 1. The number of ketones is 1. The van der Waals surface area contributed by atoms with Crippen LogP contribution in [0.2, 0.25) is 0 Å². The molecule has 1 fully saturated rings. The second kappa shape index (κ2) is 8.15. The molecule has 0 aromatic heterocycles. The Morgan fingerprint density at radius 2 is 1.56 bits per heavy atom. The van der Waals surface area contributed by atoms with E-state index in [1.54, 1.807) is 12.1 Å². The minimum absolute atomic E-state index is 0.0944. The van der Waals surface area contributed by atoms with Gasteiger partial charge in [-0.3, -0.25) is 9.69 Å². The molecule has 5 heteroatoms. The Morgan fingerprint density at radius 1 is 1.00 bits per heavy atom. The molecule has 1 saturated heterocycles. The van der Waals surface area contributed by atoms with Crippen LogP contribution in [0, 0.1) is 0 Å². The van der Waals surface area contributed by atoms with Crippen molar-refractivity contribution in [2.24, 2.45) is 0 Å². The van der Waals surface area contributed by atoms with E-state index in [0.717, 1.165) is 5.56 Å². The highest BCUT2D eigenvalue weighted by molar-refractivity contribution is 6.39. The van der Waals surface area contributed by atoms with Crippen molar-refractivity contribution >= 4 is 29.0 Å². The van der Waals surface area contributed by atoms with Crippen LogP contribution in [-0.2, 0) is 10.3 Å². The fourth-order valence-electron chi connectivity index (χ4n) is 3.31. The normalized spacial score (nSPS) is 18.6. The van der Waals surface area contributed by atoms with Gasteiger partial charge in [0.05, 0.1) is 18.2 Å². The van der Waals surface area contributed by atoms with Crippen molar-refractivity contribution < 1.29 is 9.53 Å². The van der Waals surface area contributed by atoms with Gasteiger partial charge < -0.3 is 4.74 Å². The Morgan fingerprint density at radius 3 is 2.12 bits per heavy atom. The van der Waals surface area contributed by atoms with Gasteiger partial charge >= 0.3 is 0 Å². The molecule has 0 amide bonds. The van der Waals surface area contributed by atoms with Crippen molar-refractivity contribution in [2.75, 3.05) is 26.3 Å². The molecule has 1 heterocycles. The number of nitrogens with zero attached hydrogens (tertiary/aromatic N) is 1. The fourth-order valence-corrected chi connectivity index (χ4v) is 3.78.